The summed E-state index contributed by atoms with van der Waals surface area (Å²) in [5, 5.41) is 0. The van der Waals surface area contributed by atoms with Crippen LogP contribution in [0.15, 0.2) is 71.7 Å². The van der Waals surface area contributed by atoms with E-state index in [1.807, 2.05) is 41.3 Å². The molecule has 5 rings (SSSR count). The molecule has 0 bridgehead atoms. The van der Waals surface area contributed by atoms with E-state index >= 15 is 0 Å². The minimum absolute atomic E-state index is 0.00108. The van der Waals surface area contributed by atoms with Crippen molar-refractivity contribution >= 4 is 23.2 Å². The number of rotatable bonds is 6. The zero-order valence-electron chi connectivity index (χ0n) is 22.0. The first-order valence-electron chi connectivity index (χ1n) is 12.7. The zero-order valence-corrected chi connectivity index (χ0v) is 22.0. The molecule has 0 aliphatic carbocycles. The van der Waals surface area contributed by atoms with Crippen LogP contribution in [0, 0.1) is 0 Å². The molecule has 2 amide bonds. The minimum Gasteiger partial charge on any atom is -0.493 e. The van der Waals surface area contributed by atoms with Gasteiger partial charge in [0.2, 0.25) is 5.91 Å². The SMILES string of the molecule is COc1cc2c(cc1OC)N(C)C(=O)CN=C2c1cccc(C(=O)N2CCN(Cc3ccccc3)CC2)c1. The average Bonchev–Trinajstić information content (AvgIpc) is 3.08. The van der Waals surface area contributed by atoms with Crippen LogP contribution in [0.2, 0.25) is 0 Å². The van der Waals surface area contributed by atoms with E-state index in [2.05, 4.69) is 34.2 Å². The fourth-order valence-electron chi connectivity index (χ4n) is 4.99. The number of ether oxygens (including phenoxy) is 2. The van der Waals surface area contributed by atoms with Gasteiger partial charge in [0.1, 0.15) is 6.54 Å². The molecule has 0 radical (unpaired) electrons. The summed E-state index contributed by atoms with van der Waals surface area (Å²) in [6.07, 6.45) is 0. The van der Waals surface area contributed by atoms with E-state index in [0.717, 1.165) is 30.8 Å². The molecule has 3 aromatic rings. The smallest absolute Gasteiger partial charge is 0.253 e. The Morgan fingerprint density at radius 2 is 1.61 bits per heavy atom. The summed E-state index contributed by atoms with van der Waals surface area (Å²) in [5.74, 6) is 0.944. The molecule has 8 heteroatoms. The van der Waals surface area contributed by atoms with Gasteiger partial charge in [-0.15, -0.1) is 0 Å². The van der Waals surface area contributed by atoms with Gasteiger partial charge in [0, 0.05) is 62.5 Å². The lowest BCUT2D eigenvalue weighted by atomic mass is 9.97. The Morgan fingerprint density at radius 3 is 2.32 bits per heavy atom. The normalized spacial score (nSPS) is 16.0. The molecule has 196 valence electrons. The quantitative estimate of drug-likeness (QED) is 0.506. The first-order valence-corrected chi connectivity index (χ1v) is 12.7. The molecular weight excluding hydrogens is 480 g/mol. The Balaban J connectivity index is 1.38. The Labute approximate surface area is 223 Å². The van der Waals surface area contributed by atoms with Crippen molar-refractivity contribution in [1.82, 2.24) is 9.80 Å². The van der Waals surface area contributed by atoms with Crippen molar-refractivity contribution in [2.45, 2.75) is 6.54 Å². The number of methoxy groups -OCH3 is 2. The number of piperazine rings is 1. The fourth-order valence-corrected chi connectivity index (χ4v) is 4.99. The van der Waals surface area contributed by atoms with E-state index in [1.165, 1.54) is 5.56 Å². The Bertz CT molecular complexity index is 1360. The van der Waals surface area contributed by atoms with Crippen LogP contribution in [0.25, 0.3) is 0 Å². The molecule has 38 heavy (non-hydrogen) atoms. The lowest BCUT2D eigenvalue weighted by Gasteiger charge is -2.34. The van der Waals surface area contributed by atoms with E-state index < -0.39 is 0 Å². The highest BCUT2D eigenvalue weighted by atomic mass is 16.5. The monoisotopic (exact) mass is 512 g/mol. The van der Waals surface area contributed by atoms with Gasteiger partial charge in [0.05, 0.1) is 25.6 Å². The van der Waals surface area contributed by atoms with E-state index in [9.17, 15) is 9.59 Å². The summed E-state index contributed by atoms with van der Waals surface area (Å²) in [6, 6.07) is 21.5. The lowest BCUT2D eigenvalue weighted by molar-refractivity contribution is -0.116. The highest BCUT2D eigenvalue weighted by Crippen LogP contribution is 2.37. The summed E-state index contributed by atoms with van der Waals surface area (Å²) >= 11 is 0. The standard InChI is InChI=1S/C30H32N4O4/c1-32-25-18-27(38-3)26(37-2)17-24(25)29(31-19-28(32)35)22-10-7-11-23(16-22)30(36)34-14-12-33(13-15-34)20-21-8-5-4-6-9-21/h4-11,16-18H,12-15,19-20H2,1-3H3. The number of likely N-dealkylation sites (N-methyl/N-ethyl adjacent to an activating group) is 1. The second-order valence-corrected chi connectivity index (χ2v) is 9.48. The second-order valence-electron chi connectivity index (χ2n) is 9.48. The summed E-state index contributed by atoms with van der Waals surface area (Å²) in [7, 11) is 4.86. The molecule has 2 aliphatic rings. The maximum atomic E-state index is 13.5. The van der Waals surface area contributed by atoms with E-state index in [0.29, 0.717) is 41.6 Å². The van der Waals surface area contributed by atoms with Crippen molar-refractivity contribution in [2.75, 3.05) is 58.9 Å². The third-order valence-electron chi connectivity index (χ3n) is 7.16. The summed E-state index contributed by atoms with van der Waals surface area (Å²) in [4.78, 5) is 36.7. The first kappa shape index (κ1) is 25.5. The largest absolute Gasteiger partial charge is 0.493 e. The Hall–Kier alpha value is -4.17. The van der Waals surface area contributed by atoms with Gasteiger partial charge >= 0.3 is 0 Å². The predicted molar refractivity (Wildman–Crippen MR) is 148 cm³/mol. The van der Waals surface area contributed by atoms with E-state index in [1.54, 1.807) is 32.2 Å². The van der Waals surface area contributed by atoms with Crippen LogP contribution < -0.4 is 14.4 Å². The zero-order chi connectivity index (χ0) is 26.6. The van der Waals surface area contributed by atoms with Crippen LogP contribution in [-0.4, -0.2) is 81.3 Å². The van der Waals surface area contributed by atoms with Gasteiger partial charge in [-0.1, -0.05) is 42.5 Å². The lowest BCUT2D eigenvalue weighted by Crippen LogP contribution is -2.48. The van der Waals surface area contributed by atoms with Crippen LogP contribution in [0.1, 0.15) is 27.0 Å². The van der Waals surface area contributed by atoms with Gasteiger partial charge in [-0.3, -0.25) is 19.5 Å². The van der Waals surface area contributed by atoms with Crippen LogP contribution in [0.5, 0.6) is 11.5 Å². The number of aliphatic imine (C=N–C) groups is 1. The Morgan fingerprint density at radius 1 is 0.895 bits per heavy atom. The molecule has 3 aromatic carbocycles. The average molecular weight is 513 g/mol. The maximum absolute atomic E-state index is 13.5. The number of anilines is 1. The molecule has 0 aromatic heterocycles. The van der Waals surface area contributed by atoms with Crippen molar-refractivity contribution in [3.8, 4) is 11.5 Å². The first-order chi connectivity index (χ1) is 18.5. The van der Waals surface area contributed by atoms with Crippen molar-refractivity contribution in [3.63, 3.8) is 0 Å². The molecule has 2 heterocycles. The van der Waals surface area contributed by atoms with Crippen molar-refractivity contribution in [3.05, 3.63) is 89.0 Å². The molecule has 0 atom stereocenters. The van der Waals surface area contributed by atoms with Crippen LogP contribution >= 0.6 is 0 Å². The topological polar surface area (TPSA) is 74.7 Å². The summed E-state index contributed by atoms with van der Waals surface area (Å²) in [5.41, 5.74) is 4.72. The molecule has 0 saturated carbocycles. The van der Waals surface area contributed by atoms with Crippen LogP contribution in [0.3, 0.4) is 0 Å². The second kappa shape index (κ2) is 11.1. The van der Waals surface area contributed by atoms with Gasteiger partial charge in [-0.25, -0.2) is 0 Å². The van der Waals surface area contributed by atoms with Gasteiger partial charge < -0.3 is 19.3 Å². The third kappa shape index (κ3) is 5.13. The third-order valence-corrected chi connectivity index (χ3v) is 7.16. The van der Waals surface area contributed by atoms with Gasteiger partial charge in [-0.05, 0) is 23.8 Å². The number of benzene rings is 3. The molecule has 1 fully saturated rings. The number of benzodiazepines with no additional fused rings is 1. The number of carbonyl (C=O) groups is 2. The maximum Gasteiger partial charge on any atom is 0.253 e. The molecule has 0 spiro atoms. The predicted octanol–water partition coefficient (Wildman–Crippen LogP) is 3.48. The molecule has 1 saturated heterocycles. The molecule has 8 nitrogen and oxygen atoms in total. The highest BCUT2D eigenvalue weighted by Gasteiger charge is 2.27. The highest BCUT2D eigenvalue weighted by molar-refractivity contribution is 6.20. The molecule has 0 N–H and O–H groups in total. The van der Waals surface area contributed by atoms with Gasteiger partial charge in [0.15, 0.2) is 11.5 Å². The number of hydrogen-bond donors (Lipinski definition) is 0. The fraction of sp³-hybridized carbons (Fsp3) is 0.300. The summed E-state index contributed by atoms with van der Waals surface area (Å²) in [6.45, 7) is 3.91. The van der Waals surface area contributed by atoms with Crippen LogP contribution in [0.4, 0.5) is 5.69 Å². The number of hydrogen-bond acceptors (Lipinski definition) is 6. The molecule has 2 aliphatic heterocycles. The summed E-state index contributed by atoms with van der Waals surface area (Å²) < 4.78 is 11.0. The number of carbonyl (C=O) groups excluding carboxylic acids is 2. The van der Waals surface area contributed by atoms with Gasteiger partial charge in [-0.2, -0.15) is 0 Å². The van der Waals surface area contributed by atoms with Crippen LogP contribution in [-0.2, 0) is 11.3 Å². The number of amides is 2. The Kier molecular flexibility index (Phi) is 7.42. The number of nitrogens with zero attached hydrogens (tertiary/aromatic N) is 4. The van der Waals surface area contributed by atoms with Crippen molar-refractivity contribution in [2.24, 2.45) is 4.99 Å². The van der Waals surface area contributed by atoms with Gasteiger partial charge in [0.25, 0.3) is 5.91 Å². The van der Waals surface area contributed by atoms with Crippen molar-refractivity contribution < 1.29 is 19.1 Å². The minimum atomic E-state index is -0.130. The number of fused-ring (bicyclic) bond motifs is 1. The molecule has 0 unspecified atom stereocenters. The van der Waals surface area contributed by atoms with Crippen molar-refractivity contribution in [1.29, 1.82) is 0 Å². The van der Waals surface area contributed by atoms with E-state index in [4.69, 9.17) is 9.47 Å². The molecular formula is C30H32N4O4. The van der Waals surface area contributed by atoms with E-state index in [-0.39, 0.29) is 18.4 Å².